The molecule has 2 saturated heterocycles. The van der Waals surface area contributed by atoms with E-state index in [-0.39, 0.29) is 26.1 Å². The van der Waals surface area contributed by atoms with Gasteiger partial charge in [0.05, 0.1) is 23.9 Å². The van der Waals surface area contributed by atoms with E-state index in [0.717, 1.165) is 22.3 Å². The van der Waals surface area contributed by atoms with E-state index < -0.39 is 47.9 Å². The molecule has 9 heteroatoms. The average molecular weight is 699 g/mol. The molecule has 4 aromatic rings. The standard InChI is InChI=1S/C43H42N2O7/c1-2-12-35(40(46)44-37(29-51-42(44)48)26-31-13-6-3-7-14-31)21-22-36(25-33-19-23-39(24-20-33)50-28-34-17-10-5-11-18-34)41(47)45-38(30-52-43(45)49)27-32-15-8-4-9-16-32/h2-11,13-24,35-38H,1,12,25-30H2/t35-,36+,37?,38?/m0/s1. The Hall–Kier alpha value is -5.96. The van der Waals surface area contributed by atoms with Crippen molar-refractivity contribution in [3.8, 4) is 5.75 Å². The molecule has 6 rings (SSSR count). The first-order valence-electron chi connectivity index (χ1n) is 17.5. The molecule has 2 heterocycles. The largest absolute Gasteiger partial charge is 0.489 e. The number of benzene rings is 4. The van der Waals surface area contributed by atoms with Gasteiger partial charge in [0, 0.05) is 0 Å². The van der Waals surface area contributed by atoms with Crippen molar-refractivity contribution in [2.45, 2.75) is 44.4 Å². The summed E-state index contributed by atoms with van der Waals surface area (Å²) in [6.07, 6.45) is 4.92. The van der Waals surface area contributed by atoms with Gasteiger partial charge in [0.25, 0.3) is 0 Å². The molecule has 9 nitrogen and oxygen atoms in total. The molecule has 0 radical (unpaired) electrons. The second kappa shape index (κ2) is 17.3. The summed E-state index contributed by atoms with van der Waals surface area (Å²) in [5.41, 5.74) is 3.83. The smallest absolute Gasteiger partial charge is 0.417 e. The molecule has 0 saturated carbocycles. The molecule has 0 spiro atoms. The van der Waals surface area contributed by atoms with Crippen LogP contribution in [0.25, 0.3) is 0 Å². The number of nitrogens with zero attached hydrogens (tertiary/aromatic N) is 2. The van der Waals surface area contributed by atoms with Crippen LogP contribution >= 0.6 is 0 Å². The van der Waals surface area contributed by atoms with Crippen LogP contribution in [0.2, 0.25) is 0 Å². The van der Waals surface area contributed by atoms with Crippen LogP contribution in [-0.4, -0.2) is 59.1 Å². The predicted molar refractivity (Wildman–Crippen MR) is 196 cm³/mol. The average Bonchev–Trinajstić information content (AvgIpc) is 3.73. The van der Waals surface area contributed by atoms with E-state index in [1.807, 2.05) is 115 Å². The van der Waals surface area contributed by atoms with Crippen LogP contribution in [0.15, 0.2) is 140 Å². The lowest BCUT2D eigenvalue weighted by Gasteiger charge is -2.25. The Labute approximate surface area is 304 Å². The van der Waals surface area contributed by atoms with Gasteiger partial charge >= 0.3 is 12.2 Å². The normalized spacial score (nSPS) is 18.2. The summed E-state index contributed by atoms with van der Waals surface area (Å²) in [5.74, 6) is -1.82. The molecule has 0 aromatic heterocycles. The fourth-order valence-electron chi connectivity index (χ4n) is 6.55. The molecule has 4 amide bonds. The molecule has 4 atom stereocenters. The Kier molecular flexibility index (Phi) is 11.9. The van der Waals surface area contributed by atoms with E-state index in [0.29, 0.717) is 25.2 Å². The summed E-state index contributed by atoms with van der Waals surface area (Å²) >= 11 is 0. The van der Waals surface area contributed by atoms with E-state index in [4.69, 9.17) is 14.2 Å². The monoisotopic (exact) mass is 698 g/mol. The van der Waals surface area contributed by atoms with Crippen molar-refractivity contribution in [2.75, 3.05) is 13.2 Å². The first-order valence-corrected chi connectivity index (χ1v) is 17.5. The van der Waals surface area contributed by atoms with Crippen LogP contribution in [0.4, 0.5) is 9.59 Å². The first-order chi connectivity index (χ1) is 25.4. The molecule has 0 N–H and O–H groups in total. The number of hydrogen-bond donors (Lipinski definition) is 0. The zero-order valence-corrected chi connectivity index (χ0v) is 28.9. The van der Waals surface area contributed by atoms with Crippen molar-refractivity contribution >= 4 is 24.0 Å². The van der Waals surface area contributed by atoms with Gasteiger partial charge in [0.15, 0.2) is 0 Å². The number of carbonyl (C=O) groups excluding carboxylic acids is 4. The Balaban J connectivity index is 1.24. The second-order valence-electron chi connectivity index (χ2n) is 13.0. The maximum Gasteiger partial charge on any atom is 0.417 e. The lowest BCUT2D eigenvalue weighted by molar-refractivity contribution is -0.133. The Bertz CT molecular complexity index is 1860. The van der Waals surface area contributed by atoms with Gasteiger partial charge in [0.2, 0.25) is 11.8 Å². The van der Waals surface area contributed by atoms with Gasteiger partial charge in [-0.25, -0.2) is 19.4 Å². The van der Waals surface area contributed by atoms with Gasteiger partial charge in [-0.2, -0.15) is 0 Å². The molecule has 52 heavy (non-hydrogen) atoms. The van der Waals surface area contributed by atoms with Crippen LogP contribution < -0.4 is 4.74 Å². The van der Waals surface area contributed by atoms with E-state index in [9.17, 15) is 19.2 Å². The highest BCUT2D eigenvalue weighted by Gasteiger charge is 2.42. The summed E-state index contributed by atoms with van der Waals surface area (Å²) in [7, 11) is 0. The molecule has 2 aliphatic heterocycles. The fraction of sp³-hybridized carbons (Fsp3) is 0.256. The maximum absolute atomic E-state index is 14.4. The number of ether oxygens (including phenoxy) is 3. The second-order valence-corrected chi connectivity index (χ2v) is 13.0. The lowest BCUT2D eigenvalue weighted by atomic mass is 9.93. The molecule has 2 fully saturated rings. The van der Waals surface area contributed by atoms with E-state index >= 15 is 0 Å². The maximum atomic E-state index is 14.4. The SMILES string of the molecule is C=CC[C@@H](C=C[C@H](Cc1ccc(OCc2ccccc2)cc1)C(=O)N1C(=O)OCC1Cc1ccccc1)C(=O)N1C(=O)OCC1Cc1ccccc1. The number of carbonyl (C=O) groups is 4. The topological polar surface area (TPSA) is 102 Å². The fourth-order valence-corrected chi connectivity index (χ4v) is 6.55. The number of hydrogen-bond acceptors (Lipinski definition) is 7. The van der Waals surface area contributed by atoms with Crippen LogP contribution in [0.5, 0.6) is 5.75 Å². The van der Waals surface area contributed by atoms with Crippen LogP contribution in [0, 0.1) is 11.8 Å². The van der Waals surface area contributed by atoms with Gasteiger partial charge in [-0.05, 0) is 60.1 Å². The first kappa shape index (κ1) is 35.9. The quantitative estimate of drug-likeness (QED) is 0.120. The highest BCUT2D eigenvalue weighted by molar-refractivity contribution is 5.97. The number of imide groups is 2. The summed E-state index contributed by atoms with van der Waals surface area (Å²) in [6, 6.07) is 35.6. The Morgan fingerprint density at radius 1 is 0.654 bits per heavy atom. The minimum Gasteiger partial charge on any atom is -0.489 e. The Morgan fingerprint density at radius 3 is 1.62 bits per heavy atom. The van der Waals surface area contributed by atoms with Gasteiger partial charge in [-0.1, -0.05) is 121 Å². The number of cyclic esters (lactones) is 2. The van der Waals surface area contributed by atoms with Crippen molar-refractivity contribution < 1.29 is 33.4 Å². The zero-order valence-electron chi connectivity index (χ0n) is 28.9. The molecule has 0 aliphatic carbocycles. The van der Waals surface area contributed by atoms with Crippen molar-refractivity contribution in [2.24, 2.45) is 11.8 Å². The van der Waals surface area contributed by atoms with E-state index in [1.165, 1.54) is 9.80 Å². The summed E-state index contributed by atoms with van der Waals surface area (Å²) in [4.78, 5) is 56.7. The van der Waals surface area contributed by atoms with Crippen LogP contribution in [0.1, 0.15) is 28.7 Å². The summed E-state index contributed by atoms with van der Waals surface area (Å²) < 4.78 is 16.7. The van der Waals surface area contributed by atoms with Crippen LogP contribution in [-0.2, 0) is 44.9 Å². The van der Waals surface area contributed by atoms with Crippen molar-refractivity contribution in [3.63, 3.8) is 0 Å². The lowest BCUT2D eigenvalue weighted by Crippen LogP contribution is -2.44. The third kappa shape index (κ3) is 9.03. The molecular weight excluding hydrogens is 656 g/mol. The highest BCUT2D eigenvalue weighted by atomic mass is 16.6. The van der Waals surface area contributed by atoms with Crippen LogP contribution in [0.3, 0.4) is 0 Å². The minimum atomic E-state index is -0.828. The predicted octanol–water partition coefficient (Wildman–Crippen LogP) is 7.35. The molecule has 4 aromatic carbocycles. The van der Waals surface area contributed by atoms with Crippen molar-refractivity contribution in [1.82, 2.24) is 9.80 Å². The van der Waals surface area contributed by atoms with E-state index in [2.05, 4.69) is 6.58 Å². The molecular formula is C43H42N2O7. The van der Waals surface area contributed by atoms with Crippen molar-refractivity contribution in [1.29, 1.82) is 0 Å². The minimum absolute atomic E-state index is 0.0841. The van der Waals surface area contributed by atoms with Gasteiger partial charge in [-0.3, -0.25) is 9.59 Å². The molecule has 0 bridgehead atoms. The van der Waals surface area contributed by atoms with E-state index in [1.54, 1.807) is 18.2 Å². The highest BCUT2D eigenvalue weighted by Crippen LogP contribution is 2.27. The molecule has 2 aliphatic rings. The third-order valence-electron chi connectivity index (χ3n) is 9.28. The summed E-state index contributed by atoms with van der Waals surface area (Å²) in [6.45, 7) is 4.44. The summed E-state index contributed by atoms with van der Waals surface area (Å²) in [5, 5.41) is 0. The molecule has 2 unspecified atom stereocenters. The van der Waals surface area contributed by atoms with Crippen molar-refractivity contribution in [3.05, 3.63) is 162 Å². The third-order valence-corrected chi connectivity index (χ3v) is 9.28. The zero-order chi connectivity index (χ0) is 36.3. The molecule has 266 valence electrons. The van der Waals surface area contributed by atoms with Gasteiger partial charge < -0.3 is 14.2 Å². The Morgan fingerprint density at radius 2 is 1.12 bits per heavy atom. The number of allylic oxidation sites excluding steroid dienone is 1. The van der Waals surface area contributed by atoms with Gasteiger partial charge in [-0.15, -0.1) is 6.58 Å². The number of amides is 4. The van der Waals surface area contributed by atoms with Gasteiger partial charge in [0.1, 0.15) is 25.6 Å². The number of rotatable bonds is 15.